The predicted molar refractivity (Wildman–Crippen MR) is 98.9 cm³/mol. The summed E-state index contributed by atoms with van der Waals surface area (Å²) in [6, 6.07) is 3.60. The molecule has 1 aromatic carbocycles. The van der Waals surface area contributed by atoms with Crippen molar-refractivity contribution in [3.05, 3.63) is 29.8 Å². The lowest BCUT2D eigenvalue weighted by atomic mass is 10.0. The number of aromatic hydroxyl groups is 1. The Hall–Kier alpha value is -2.61. The number of carboxylic acid groups (broad SMARTS) is 1. The second kappa shape index (κ2) is 8.85. The Morgan fingerprint density at radius 1 is 1.26 bits per heavy atom. The van der Waals surface area contributed by atoms with E-state index in [9.17, 15) is 24.6 Å². The molecule has 1 aromatic rings. The maximum Gasteiger partial charge on any atom is 0.326 e. The highest BCUT2D eigenvalue weighted by Crippen LogP contribution is 2.20. The molecular formula is C19H27N3O5. The fraction of sp³-hybridized carbons (Fsp3) is 0.526. The first kappa shape index (κ1) is 20.7. The molecule has 1 aliphatic heterocycles. The number of carbonyl (C=O) groups is 3. The van der Waals surface area contributed by atoms with Crippen molar-refractivity contribution in [1.82, 2.24) is 10.2 Å². The normalized spacial score (nSPS) is 19.0. The van der Waals surface area contributed by atoms with E-state index >= 15 is 0 Å². The number of phenolic OH excluding ortho intramolecular Hbond substituents is 1. The van der Waals surface area contributed by atoms with Crippen molar-refractivity contribution in [3.8, 4) is 5.75 Å². The zero-order chi connectivity index (χ0) is 20.1. The first-order chi connectivity index (χ1) is 12.7. The Kier molecular flexibility index (Phi) is 6.79. The molecule has 27 heavy (non-hydrogen) atoms. The molecule has 8 nitrogen and oxygen atoms in total. The molecule has 0 saturated carbocycles. The molecule has 0 aromatic heterocycles. The molecule has 0 radical (unpaired) electrons. The lowest BCUT2D eigenvalue weighted by Gasteiger charge is -2.29. The largest absolute Gasteiger partial charge is 0.508 e. The topological polar surface area (TPSA) is 133 Å². The van der Waals surface area contributed by atoms with Gasteiger partial charge in [-0.15, -0.1) is 0 Å². The Bertz CT molecular complexity index is 689. The smallest absolute Gasteiger partial charge is 0.326 e. The molecule has 1 heterocycles. The number of hydrogen-bond donors (Lipinski definition) is 4. The van der Waals surface area contributed by atoms with Crippen molar-refractivity contribution >= 4 is 17.8 Å². The summed E-state index contributed by atoms with van der Waals surface area (Å²) >= 11 is 0. The Labute approximate surface area is 158 Å². The molecule has 0 bridgehead atoms. The zero-order valence-electron chi connectivity index (χ0n) is 15.6. The number of nitrogens with zero attached hydrogens (tertiary/aromatic N) is 1. The fourth-order valence-corrected chi connectivity index (χ4v) is 3.12. The van der Waals surface area contributed by atoms with E-state index in [0.717, 1.165) is 0 Å². The summed E-state index contributed by atoms with van der Waals surface area (Å²) in [6.07, 6.45) is 1.23. The molecule has 0 aliphatic carbocycles. The van der Waals surface area contributed by atoms with Gasteiger partial charge in [0.2, 0.25) is 11.8 Å². The highest BCUT2D eigenvalue weighted by Gasteiger charge is 2.38. The van der Waals surface area contributed by atoms with E-state index in [1.165, 1.54) is 17.0 Å². The third-order valence-corrected chi connectivity index (χ3v) is 4.83. The monoisotopic (exact) mass is 377 g/mol. The maximum absolute atomic E-state index is 12.7. The maximum atomic E-state index is 12.7. The van der Waals surface area contributed by atoms with Crippen LogP contribution in [0.4, 0.5) is 0 Å². The summed E-state index contributed by atoms with van der Waals surface area (Å²) in [6.45, 7) is 4.12. The molecule has 3 atom stereocenters. The summed E-state index contributed by atoms with van der Waals surface area (Å²) in [5.41, 5.74) is 6.60. The van der Waals surface area contributed by atoms with Gasteiger partial charge in [-0.25, -0.2) is 4.79 Å². The van der Waals surface area contributed by atoms with Gasteiger partial charge in [-0.05, 0) is 36.5 Å². The molecule has 148 valence electrons. The number of carboxylic acids is 1. The summed E-state index contributed by atoms with van der Waals surface area (Å²) in [5.74, 6) is -1.90. The van der Waals surface area contributed by atoms with Crippen LogP contribution in [-0.2, 0) is 20.8 Å². The van der Waals surface area contributed by atoms with Gasteiger partial charge in [0.25, 0.3) is 0 Å². The molecule has 2 amide bonds. The summed E-state index contributed by atoms with van der Waals surface area (Å²) in [7, 11) is 0. The number of likely N-dealkylation sites (tertiary alicyclic amines) is 1. The van der Waals surface area contributed by atoms with Gasteiger partial charge < -0.3 is 26.2 Å². The number of carbonyl (C=O) groups excluding carboxylic acids is 2. The predicted octanol–water partition coefficient (Wildman–Crippen LogP) is 0.478. The number of hydrogen-bond acceptors (Lipinski definition) is 5. The van der Waals surface area contributed by atoms with E-state index in [0.29, 0.717) is 24.9 Å². The number of rotatable bonds is 7. The van der Waals surface area contributed by atoms with Crippen LogP contribution in [-0.4, -0.2) is 57.6 Å². The summed E-state index contributed by atoms with van der Waals surface area (Å²) < 4.78 is 0. The summed E-state index contributed by atoms with van der Waals surface area (Å²) in [5, 5.41) is 21.3. The van der Waals surface area contributed by atoms with Crippen LogP contribution in [0.15, 0.2) is 24.3 Å². The van der Waals surface area contributed by atoms with Crippen molar-refractivity contribution in [3.63, 3.8) is 0 Å². The Morgan fingerprint density at radius 2 is 1.89 bits per heavy atom. The van der Waals surface area contributed by atoms with Gasteiger partial charge in [-0.3, -0.25) is 9.59 Å². The average Bonchev–Trinajstić information content (AvgIpc) is 3.11. The minimum absolute atomic E-state index is 0.0527. The number of benzene rings is 1. The zero-order valence-corrected chi connectivity index (χ0v) is 15.6. The van der Waals surface area contributed by atoms with Gasteiger partial charge in [-0.1, -0.05) is 26.0 Å². The van der Waals surface area contributed by atoms with Gasteiger partial charge >= 0.3 is 5.97 Å². The van der Waals surface area contributed by atoms with Crippen LogP contribution in [0.2, 0.25) is 0 Å². The van der Waals surface area contributed by atoms with E-state index in [2.05, 4.69) is 5.32 Å². The van der Waals surface area contributed by atoms with Crippen molar-refractivity contribution in [1.29, 1.82) is 0 Å². The van der Waals surface area contributed by atoms with Crippen LogP contribution in [0.5, 0.6) is 5.75 Å². The molecule has 2 rings (SSSR count). The second-order valence-electron chi connectivity index (χ2n) is 7.23. The van der Waals surface area contributed by atoms with Crippen LogP contribution < -0.4 is 11.1 Å². The van der Waals surface area contributed by atoms with Crippen molar-refractivity contribution in [2.24, 2.45) is 11.7 Å². The summed E-state index contributed by atoms with van der Waals surface area (Å²) in [4.78, 5) is 38.2. The Balaban J connectivity index is 2.06. The molecule has 1 fully saturated rings. The molecule has 0 spiro atoms. The van der Waals surface area contributed by atoms with Crippen molar-refractivity contribution < 1.29 is 24.6 Å². The quantitative estimate of drug-likeness (QED) is 0.546. The van der Waals surface area contributed by atoms with E-state index in [1.807, 2.05) is 13.8 Å². The van der Waals surface area contributed by atoms with E-state index in [-0.39, 0.29) is 24.0 Å². The molecule has 0 unspecified atom stereocenters. The molecule has 8 heteroatoms. The van der Waals surface area contributed by atoms with Crippen LogP contribution >= 0.6 is 0 Å². The van der Waals surface area contributed by atoms with Gasteiger partial charge in [-0.2, -0.15) is 0 Å². The second-order valence-corrected chi connectivity index (χ2v) is 7.23. The first-order valence-electron chi connectivity index (χ1n) is 9.08. The molecule has 1 aliphatic rings. The lowest BCUT2D eigenvalue weighted by molar-refractivity contribution is -0.144. The SMILES string of the molecule is CC(C)[C@H](N)C(=O)N1CCC[C@H]1C(=O)N[C@@H](Cc1ccc(O)cc1)C(=O)O. The highest BCUT2D eigenvalue weighted by molar-refractivity contribution is 5.92. The molecule has 1 saturated heterocycles. The van der Waals surface area contributed by atoms with E-state index in [4.69, 9.17) is 5.73 Å². The van der Waals surface area contributed by atoms with Crippen molar-refractivity contribution in [2.45, 2.75) is 51.2 Å². The highest BCUT2D eigenvalue weighted by atomic mass is 16.4. The van der Waals surface area contributed by atoms with Crippen LogP contribution in [0.3, 0.4) is 0 Å². The third kappa shape index (κ3) is 5.19. The van der Waals surface area contributed by atoms with Gasteiger partial charge in [0.1, 0.15) is 17.8 Å². The molecular weight excluding hydrogens is 350 g/mol. The first-order valence-corrected chi connectivity index (χ1v) is 9.08. The molecule has 5 N–H and O–H groups in total. The van der Waals surface area contributed by atoms with E-state index < -0.39 is 30.0 Å². The minimum atomic E-state index is -1.16. The Morgan fingerprint density at radius 3 is 2.44 bits per heavy atom. The third-order valence-electron chi connectivity index (χ3n) is 4.83. The minimum Gasteiger partial charge on any atom is -0.508 e. The number of nitrogens with two attached hydrogens (primary N) is 1. The average molecular weight is 377 g/mol. The fourth-order valence-electron chi connectivity index (χ4n) is 3.12. The van der Waals surface area contributed by atoms with Crippen LogP contribution in [0.25, 0.3) is 0 Å². The van der Waals surface area contributed by atoms with Gasteiger partial charge in [0.15, 0.2) is 0 Å². The van der Waals surface area contributed by atoms with Crippen molar-refractivity contribution in [2.75, 3.05) is 6.54 Å². The van der Waals surface area contributed by atoms with Gasteiger partial charge in [0.05, 0.1) is 6.04 Å². The standard InChI is InChI=1S/C19H27N3O5/c1-11(2)16(20)18(25)22-9-3-4-15(22)17(24)21-14(19(26)27)10-12-5-7-13(23)8-6-12/h5-8,11,14-16,23H,3-4,9-10,20H2,1-2H3,(H,21,24)(H,26,27)/t14-,15-,16-/m0/s1. The van der Waals surface area contributed by atoms with Crippen LogP contribution in [0, 0.1) is 5.92 Å². The number of phenols is 1. The van der Waals surface area contributed by atoms with Gasteiger partial charge in [0, 0.05) is 13.0 Å². The lowest BCUT2D eigenvalue weighted by Crippen LogP contribution is -2.55. The van der Waals surface area contributed by atoms with Crippen LogP contribution in [0.1, 0.15) is 32.3 Å². The number of aliphatic carboxylic acids is 1. The number of amides is 2. The number of nitrogens with one attached hydrogen (secondary N) is 1. The van der Waals surface area contributed by atoms with E-state index in [1.54, 1.807) is 12.1 Å².